The third-order valence-electron chi connectivity index (χ3n) is 3.81. The third kappa shape index (κ3) is 2.15. The maximum atomic E-state index is 6.33. The first-order valence-corrected chi connectivity index (χ1v) is 7.40. The summed E-state index contributed by atoms with van der Waals surface area (Å²) in [6.45, 7) is 2.08. The molecule has 0 radical (unpaired) electrons. The molecular formula is C15H18N2OS. The molecule has 1 aromatic carbocycles. The average Bonchev–Trinajstić information content (AvgIpc) is 2.85. The Morgan fingerprint density at radius 3 is 2.79 bits per heavy atom. The van der Waals surface area contributed by atoms with E-state index in [1.807, 2.05) is 12.1 Å². The molecule has 0 bridgehead atoms. The van der Waals surface area contributed by atoms with Crippen molar-refractivity contribution in [2.45, 2.75) is 31.7 Å². The normalized spacial score (nSPS) is 17.0. The van der Waals surface area contributed by atoms with Crippen LogP contribution in [-0.2, 0) is 5.54 Å². The Balaban J connectivity index is 2.01. The molecule has 1 aliphatic carbocycles. The molecule has 2 N–H and O–H groups in total. The number of thiazole rings is 1. The van der Waals surface area contributed by atoms with Gasteiger partial charge in [0.05, 0.1) is 18.3 Å². The van der Waals surface area contributed by atoms with Crippen molar-refractivity contribution >= 4 is 11.3 Å². The number of hydrogen-bond donors (Lipinski definition) is 1. The van der Waals surface area contributed by atoms with E-state index in [0.29, 0.717) is 0 Å². The number of nitrogens with two attached hydrogens (primary N) is 1. The second-order valence-corrected chi connectivity index (χ2v) is 6.11. The molecule has 19 heavy (non-hydrogen) atoms. The highest BCUT2D eigenvalue weighted by Crippen LogP contribution is 2.42. The molecule has 0 atom stereocenters. The predicted molar refractivity (Wildman–Crippen MR) is 78.6 cm³/mol. The summed E-state index contributed by atoms with van der Waals surface area (Å²) < 4.78 is 5.42. The van der Waals surface area contributed by atoms with Gasteiger partial charge in [0.1, 0.15) is 10.8 Å². The van der Waals surface area contributed by atoms with Crippen molar-refractivity contribution in [3.8, 4) is 17.0 Å². The summed E-state index contributed by atoms with van der Waals surface area (Å²) in [7, 11) is 1.69. The number of rotatable bonds is 3. The van der Waals surface area contributed by atoms with Crippen LogP contribution in [0.3, 0.4) is 0 Å². The van der Waals surface area contributed by atoms with Gasteiger partial charge < -0.3 is 10.5 Å². The van der Waals surface area contributed by atoms with Gasteiger partial charge in [-0.05, 0) is 38.3 Å². The largest absolute Gasteiger partial charge is 0.496 e. The van der Waals surface area contributed by atoms with E-state index < -0.39 is 0 Å². The third-order valence-corrected chi connectivity index (χ3v) is 4.87. The highest BCUT2D eigenvalue weighted by Gasteiger charge is 2.37. The van der Waals surface area contributed by atoms with Crippen molar-refractivity contribution in [3.63, 3.8) is 0 Å². The van der Waals surface area contributed by atoms with Gasteiger partial charge in [-0.2, -0.15) is 0 Å². The number of aryl methyl sites for hydroxylation is 1. The molecule has 0 unspecified atom stereocenters. The molecule has 3 rings (SSSR count). The second-order valence-electron chi connectivity index (χ2n) is 5.25. The Kier molecular flexibility index (Phi) is 3.07. The van der Waals surface area contributed by atoms with Gasteiger partial charge in [0.25, 0.3) is 0 Å². The summed E-state index contributed by atoms with van der Waals surface area (Å²) in [4.78, 5) is 4.74. The summed E-state index contributed by atoms with van der Waals surface area (Å²) in [5, 5.41) is 3.14. The summed E-state index contributed by atoms with van der Waals surface area (Å²) in [6.07, 6.45) is 3.30. The molecule has 1 saturated carbocycles. The topological polar surface area (TPSA) is 48.1 Å². The van der Waals surface area contributed by atoms with Crippen LogP contribution < -0.4 is 10.5 Å². The Morgan fingerprint density at radius 1 is 1.37 bits per heavy atom. The molecule has 100 valence electrons. The van der Waals surface area contributed by atoms with Crippen LogP contribution in [0.5, 0.6) is 5.75 Å². The molecule has 1 heterocycles. The maximum absolute atomic E-state index is 6.33. The van der Waals surface area contributed by atoms with Crippen LogP contribution in [0.15, 0.2) is 23.6 Å². The first kappa shape index (κ1) is 12.6. The quantitative estimate of drug-likeness (QED) is 0.932. The zero-order chi connectivity index (χ0) is 13.5. The molecule has 1 aromatic heterocycles. The fraction of sp³-hybridized carbons (Fsp3) is 0.400. The second kappa shape index (κ2) is 4.62. The van der Waals surface area contributed by atoms with Crippen LogP contribution >= 0.6 is 11.3 Å². The fourth-order valence-electron chi connectivity index (χ4n) is 2.42. The van der Waals surface area contributed by atoms with Crippen molar-refractivity contribution in [2.75, 3.05) is 7.11 Å². The van der Waals surface area contributed by atoms with E-state index in [2.05, 4.69) is 18.4 Å². The van der Waals surface area contributed by atoms with E-state index in [4.69, 9.17) is 15.5 Å². The lowest BCUT2D eigenvalue weighted by Crippen LogP contribution is -2.43. The van der Waals surface area contributed by atoms with Crippen LogP contribution in [0.4, 0.5) is 0 Å². The highest BCUT2D eigenvalue weighted by atomic mass is 32.1. The molecule has 0 aliphatic heterocycles. The Labute approximate surface area is 117 Å². The molecule has 0 spiro atoms. The lowest BCUT2D eigenvalue weighted by molar-refractivity contribution is 0.253. The fourth-order valence-corrected chi connectivity index (χ4v) is 3.41. The maximum Gasteiger partial charge on any atom is 0.128 e. The van der Waals surface area contributed by atoms with E-state index in [9.17, 15) is 0 Å². The first-order valence-electron chi connectivity index (χ1n) is 6.52. The number of methoxy groups -OCH3 is 1. The summed E-state index contributed by atoms with van der Waals surface area (Å²) >= 11 is 1.66. The summed E-state index contributed by atoms with van der Waals surface area (Å²) in [6, 6.07) is 6.15. The predicted octanol–water partition coefficient (Wildman–Crippen LogP) is 3.47. The van der Waals surface area contributed by atoms with Gasteiger partial charge in [0, 0.05) is 10.9 Å². The van der Waals surface area contributed by atoms with E-state index in [1.54, 1.807) is 18.4 Å². The van der Waals surface area contributed by atoms with Gasteiger partial charge in [-0.1, -0.05) is 11.6 Å². The molecule has 2 aromatic rings. The lowest BCUT2D eigenvalue weighted by atomic mass is 9.78. The minimum atomic E-state index is -0.181. The number of hydrogen-bond acceptors (Lipinski definition) is 4. The van der Waals surface area contributed by atoms with Crippen molar-refractivity contribution in [1.29, 1.82) is 0 Å². The number of nitrogens with zero attached hydrogens (tertiary/aromatic N) is 1. The lowest BCUT2D eigenvalue weighted by Gasteiger charge is -2.35. The van der Waals surface area contributed by atoms with E-state index in [-0.39, 0.29) is 5.54 Å². The molecule has 4 heteroatoms. The number of benzene rings is 1. The first-order chi connectivity index (χ1) is 9.12. The minimum Gasteiger partial charge on any atom is -0.496 e. The zero-order valence-electron chi connectivity index (χ0n) is 11.3. The van der Waals surface area contributed by atoms with Crippen molar-refractivity contribution < 1.29 is 4.74 Å². The monoisotopic (exact) mass is 274 g/mol. The Bertz CT molecular complexity index is 602. The Morgan fingerprint density at radius 2 is 2.16 bits per heavy atom. The van der Waals surface area contributed by atoms with Crippen molar-refractivity contribution in [2.24, 2.45) is 5.73 Å². The molecular weight excluding hydrogens is 256 g/mol. The summed E-state index contributed by atoms with van der Waals surface area (Å²) in [5.74, 6) is 0.863. The molecule has 0 saturated heterocycles. The van der Waals surface area contributed by atoms with Crippen LogP contribution in [0.2, 0.25) is 0 Å². The molecule has 0 amide bonds. The number of aromatic nitrogens is 1. The summed E-state index contributed by atoms with van der Waals surface area (Å²) in [5.41, 5.74) is 9.38. The van der Waals surface area contributed by atoms with Crippen LogP contribution in [0.1, 0.15) is 29.8 Å². The number of ether oxygens (including phenoxy) is 1. The molecule has 1 aliphatic rings. The highest BCUT2D eigenvalue weighted by molar-refractivity contribution is 7.10. The van der Waals surface area contributed by atoms with Gasteiger partial charge in [-0.3, -0.25) is 0 Å². The van der Waals surface area contributed by atoms with E-state index in [1.165, 1.54) is 12.0 Å². The van der Waals surface area contributed by atoms with E-state index in [0.717, 1.165) is 34.9 Å². The molecule has 1 fully saturated rings. The molecule has 3 nitrogen and oxygen atoms in total. The smallest absolute Gasteiger partial charge is 0.128 e. The Hall–Kier alpha value is -1.39. The van der Waals surface area contributed by atoms with Crippen molar-refractivity contribution in [1.82, 2.24) is 4.98 Å². The standard InChI is InChI=1S/C15H18N2OS/c1-10-4-5-13(18-2)11(8-10)12-9-19-14(17-12)15(16)6-3-7-15/h4-5,8-9H,3,6-7,16H2,1-2H3. The van der Waals surface area contributed by atoms with E-state index >= 15 is 0 Å². The van der Waals surface area contributed by atoms with Gasteiger partial charge in [0.2, 0.25) is 0 Å². The van der Waals surface area contributed by atoms with Crippen LogP contribution in [-0.4, -0.2) is 12.1 Å². The van der Waals surface area contributed by atoms with Gasteiger partial charge in [-0.25, -0.2) is 4.98 Å². The zero-order valence-corrected chi connectivity index (χ0v) is 12.1. The van der Waals surface area contributed by atoms with Gasteiger partial charge >= 0.3 is 0 Å². The minimum absolute atomic E-state index is 0.181. The average molecular weight is 274 g/mol. The van der Waals surface area contributed by atoms with Crippen molar-refractivity contribution in [3.05, 3.63) is 34.2 Å². The van der Waals surface area contributed by atoms with Crippen LogP contribution in [0, 0.1) is 6.92 Å². The SMILES string of the molecule is COc1ccc(C)cc1-c1csc(C2(N)CCC2)n1. The van der Waals surface area contributed by atoms with Gasteiger partial charge in [-0.15, -0.1) is 11.3 Å². The van der Waals surface area contributed by atoms with Crippen LogP contribution in [0.25, 0.3) is 11.3 Å². The van der Waals surface area contributed by atoms with Gasteiger partial charge in [0.15, 0.2) is 0 Å².